The third-order valence-electron chi connectivity index (χ3n) is 2.91. The van der Waals surface area contributed by atoms with Gasteiger partial charge in [0.15, 0.2) is 11.9 Å². The Morgan fingerprint density at radius 2 is 2.00 bits per heavy atom. The van der Waals surface area contributed by atoms with E-state index in [-0.39, 0.29) is 35.5 Å². The molecule has 1 aromatic carbocycles. The minimum atomic E-state index is -1.17. The van der Waals surface area contributed by atoms with Crippen molar-refractivity contribution in [1.29, 1.82) is 0 Å². The molecule has 1 unspecified atom stereocenters. The van der Waals surface area contributed by atoms with Crippen LogP contribution in [0.1, 0.15) is 0 Å². The number of carbonyl (C=O) groups is 2. The van der Waals surface area contributed by atoms with Crippen molar-refractivity contribution in [3.63, 3.8) is 0 Å². The number of amides is 2. The van der Waals surface area contributed by atoms with E-state index in [1.165, 1.54) is 12.1 Å². The van der Waals surface area contributed by atoms with E-state index in [4.69, 9.17) is 33.0 Å². The number of rotatable bonds is 2. The van der Waals surface area contributed by atoms with Crippen LogP contribution in [0.5, 0.6) is 0 Å². The Kier molecular flexibility index (Phi) is 4.87. The highest BCUT2D eigenvalue weighted by Crippen LogP contribution is 2.27. The van der Waals surface area contributed by atoms with Crippen LogP contribution < -0.4 is 5.32 Å². The molecule has 2 rings (SSSR count). The van der Waals surface area contributed by atoms with Gasteiger partial charge in [-0.05, 0) is 12.1 Å². The van der Waals surface area contributed by atoms with Crippen LogP contribution in [0.15, 0.2) is 12.1 Å². The van der Waals surface area contributed by atoms with Crippen LogP contribution >= 0.6 is 23.2 Å². The van der Waals surface area contributed by atoms with Gasteiger partial charge in [-0.3, -0.25) is 0 Å². The monoisotopic (exact) mass is 336 g/mol. The predicted molar refractivity (Wildman–Crippen MR) is 74.4 cm³/mol. The SMILES string of the molecule is O=C(O)C1COCCN1C(=O)Nc1cc(Cl)c(F)c(Cl)c1. The molecule has 1 aromatic rings. The van der Waals surface area contributed by atoms with E-state index in [9.17, 15) is 14.0 Å². The molecule has 0 spiro atoms. The molecule has 6 nitrogen and oxygen atoms in total. The molecule has 1 atom stereocenters. The summed E-state index contributed by atoms with van der Waals surface area (Å²) in [6.07, 6.45) is 0. The number of anilines is 1. The minimum absolute atomic E-state index is 0.0896. The smallest absolute Gasteiger partial charge is 0.328 e. The number of carboxylic acids is 1. The third-order valence-corrected chi connectivity index (χ3v) is 3.46. The molecule has 2 amide bonds. The van der Waals surface area contributed by atoms with Crippen LogP contribution in [0.25, 0.3) is 0 Å². The van der Waals surface area contributed by atoms with Gasteiger partial charge >= 0.3 is 12.0 Å². The molecular weight excluding hydrogens is 326 g/mol. The number of ether oxygens (including phenoxy) is 1. The van der Waals surface area contributed by atoms with Gasteiger partial charge < -0.3 is 20.1 Å². The van der Waals surface area contributed by atoms with E-state index >= 15 is 0 Å². The number of urea groups is 1. The maximum atomic E-state index is 13.3. The summed E-state index contributed by atoms with van der Waals surface area (Å²) in [4.78, 5) is 24.3. The van der Waals surface area contributed by atoms with Crippen LogP contribution in [0, 0.1) is 5.82 Å². The van der Waals surface area contributed by atoms with Gasteiger partial charge in [-0.2, -0.15) is 0 Å². The van der Waals surface area contributed by atoms with Crippen molar-refractivity contribution in [3.8, 4) is 0 Å². The zero-order valence-electron chi connectivity index (χ0n) is 10.6. The van der Waals surface area contributed by atoms with E-state index in [1.54, 1.807) is 0 Å². The minimum Gasteiger partial charge on any atom is -0.480 e. The highest BCUT2D eigenvalue weighted by atomic mass is 35.5. The summed E-state index contributed by atoms with van der Waals surface area (Å²) in [5, 5.41) is 11.0. The summed E-state index contributed by atoms with van der Waals surface area (Å²) in [5.74, 6) is -1.95. The number of nitrogens with one attached hydrogen (secondary N) is 1. The lowest BCUT2D eigenvalue weighted by molar-refractivity contribution is -0.147. The van der Waals surface area contributed by atoms with E-state index in [2.05, 4.69) is 5.32 Å². The number of halogens is 3. The summed E-state index contributed by atoms with van der Waals surface area (Å²) < 4.78 is 18.3. The Bertz CT molecular complexity index is 561. The van der Waals surface area contributed by atoms with E-state index in [0.717, 1.165) is 4.90 Å². The lowest BCUT2D eigenvalue weighted by atomic mass is 10.2. The lowest BCUT2D eigenvalue weighted by Gasteiger charge is -2.32. The number of aliphatic carboxylic acids is 1. The number of benzene rings is 1. The Morgan fingerprint density at radius 1 is 1.38 bits per heavy atom. The third kappa shape index (κ3) is 3.55. The molecule has 9 heteroatoms. The molecule has 1 saturated heterocycles. The maximum Gasteiger partial charge on any atom is 0.328 e. The van der Waals surface area contributed by atoms with Gasteiger partial charge in [0, 0.05) is 12.2 Å². The van der Waals surface area contributed by atoms with Gasteiger partial charge in [0.25, 0.3) is 0 Å². The zero-order valence-corrected chi connectivity index (χ0v) is 12.1. The molecule has 1 fully saturated rings. The number of nitrogens with zero attached hydrogens (tertiary/aromatic N) is 1. The van der Waals surface area contributed by atoms with Crippen molar-refractivity contribution in [2.45, 2.75) is 6.04 Å². The lowest BCUT2D eigenvalue weighted by Crippen LogP contribution is -2.53. The maximum absolute atomic E-state index is 13.3. The molecule has 1 aliphatic rings. The fourth-order valence-corrected chi connectivity index (χ4v) is 2.36. The summed E-state index contributed by atoms with van der Waals surface area (Å²) in [7, 11) is 0. The first-order valence-corrected chi connectivity index (χ1v) is 6.68. The number of hydrogen-bond donors (Lipinski definition) is 2. The standard InChI is InChI=1S/C12H11Cl2FN2O4/c13-7-3-6(4-8(14)10(7)15)16-12(20)17-1-2-21-5-9(17)11(18)19/h3-4,9H,1-2,5H2,(H,16,20)(H,18,19). The van der Waals surface area contributed by atoms with Crippen molar-refractivity contribution >= 4 is 40.9 Å². The van der Waals surface area contributed by atoms with Crippen molar-refractivity contribution in [3.05, 3.63) is 28.0 Å². The molecule has 0 aromatic heterocycles. The average Bonchev–Trinajstić information content (AvgIpc) is 2.44. The normalized spacial score (nSPS) is 18.4. The van der Waals surface area contributed by atoms with Gasteiger partial charge in [-0.15, -0.1) is 0 Å². The second-order valence-corrected chi connectivity index (χ2v) is 5.12. The van der Waals surface area contributed by atoms with Gasteiger partial charge in [0.05, 0.1) is 23.3 Å². The van der Waals surface area contributed by atoms with Crippen molar-refractivity contribution < 1.29 is 23.8 Å². The number of morpholine rings is 1. The largest absolute Gasteiger partial charge is 0.480 e. The molecular formula is C12H11Cl2FN2O4. The summed E-state index contributed by atoms with van der Waals surface area (Å²) in [6, 6.07) is 0.655. The molecule has 114 valence electrons. The molecule has 1 heterocycles. The van der Waals surface area contributed by atoms with Crippen molar-refractivity contribution in [1.82, 2.24) is 4.90 Å². The van der Waals surface area contributed by atoms with Gasteiger partial charge in [-0.25, -0.2) is 14.0 Å². The van der Waals surface area contributed by atoms with E-state index in [0.29, 0.717) is 0 Å². The molecule has 21 heavy (non-hydrogen) atoms. The number of hydrogen-bond acceptors (Lipinski definition) is 3. The van der Waals surface area contributed by atoms with Gasteiger partial charge in [-0.1, -0.05) is 23.2 Å². The van der Waals surface area contributed by atoms with Crippen LogP contribution in [-0.2, 0) is 9.53 Å². The fraction of sp³-hybridized carbons (Fsp3) is 0.333. The Labute approximate surface area is 129 Å². The molecule has 0 saturated carbocycles. The summed E-state index contributed by atoms with van der Waals surface area (Å²) in [5.41, 5.74) is 0.173. The first-order valence-electron chi connectivity index (χ1n) is 5.93. The van der Waals surface area contributed by atoms with E-state index in [1.807, 2.05) is 0 Å². The molecule has 1 aliphatic heterocycles. The van der Waals surface area contributed by atoms with Gasteiger partial charge in [0.1, 0.15) is 0 Å². The molecule has 0 bridgehead atoms. The second kappa shape index (κ2) is 6.46. The Balaban J connectivity index is 2.15. The zero-order chi connectivity index (χ0) is 15.6. The van der Waals surface area contributed by atoms with Crippen LogP contribution in [-0.4, -0.2) is 47.8 Å². The number of carbonyl (C=O) groups excluding carboxylic acids is 1. The van der Waals surface area contributed by atoms with Crippen LogP contribution in [0.3, 0.4) is 0 Å². The van der Waals surface area contributed by atoms with Gasteiger partial charge in [0.2, 0.25) is 0 Å². The topological polar surface area (TPSA) is 78.9 Å². The summed E-state index contributed by atoms with van der Waals surface area (Å²) >= 11 is 11.3. The quantitative estimate of drug-likeness (QED) is 0.813. The average molecular weight is 337 g/mol. The summed E-state index contributed by atoms with van der Waals surface area (Å²) in [6.45, 7) is 0.279. The number of carboxylic acid groups (broad SMARTS) is 1. The van der Waals surface area contributed by atoms with Crippen molar-refractivity contribution in [2.24, 2.45) is 0 Å². The Morgan fingerprint density at radius 3 is 2.57 bits per heavy atom. The predicted octanol–water partition coefficient (Wildman–Crippen LogP) is 2.45. The molecule has 0 radical (unpaired) electrons. The Hall–Kier alpha value is -1.57. The molecule has 2 N–H and O–H groups in total. The highest BCUT2D eigenvalue weighted by Gasteiger charge is 2.32. The van der Waals surface area contributed by atoms with Crippen LogP contribution in [0.4, 0.5) is 14.9 Å². The second-order valence-electron chi connectivity index (χ2n) is 4.31. The van der Waals surface area contributed by atoms with Crippen molar-refractivity contribution in [2.75, 3.05) is 25.1 Å². The van der Waals surface area contributed by atoms with Crippen LogP contribution in [0.2, 0.25) is 10.0 Å². The first kappa shape index (κ1) is 15.8. The van der Waals surface area contributed by atoms with E-state index < -0.39 is 23.9 Å². The highest BCUT2D eigenvalue weighted by molar-refractivity contribution is 6.35. The first-order chi connectivity index (χ1) is 9.90. The molecule has 0 aliphatic carbocycles. The fourth-order valence-electron chi connectivity index (χ4n) is 1.87.